The molecule has 1 amide bonds. The molecule has 0 aliphatic rings. The van der Waals surface area contributed by atoms with Gasteiger partial charge in [-0.1, -0.05) is 83.6 Å². The fourth-order valence-corrected chi connectivity index (χ4v) is 5.76. The van der Waals surface area contributed by atoms with Gasteiger partial charge in [0.1, 0.15) is 0 Å². The molecule has 0 bridgehead atoms. The molecule has 0 fully saturated rings. The monoisotopic (exact) mass is 454 g/mol. The maximum Gasteiger partial charge on any atom is 0.230 e. The molecule has 0 saturated heterocycles. The number of carbonyl (C=O) groups is 1. The third-order valence-electron chi connectivity index (χ3n) is 5.67. The SMILES string of the molecule is CC(C)c1cccc(C(C)C)c1NC(=O)C(C)(C)CCCSc1nc2ccccc2s1. The Balaban J connectivity index is 1.61. The van der Waals surface area contributed by atoms with E-state index in [4.69, 9.17) is 4.98 Å². The molecule has 166 valence electrons. The van der Waals surface area contributed by atoms with Crippen molar-refractivity contribution >= 4 is 44.9 Å². The second kappa shape index (κ2) is 10.2. The predicted octanol–water partition coefficient (Wildman–Crippen LogP) is 8.08. The number of thioether (sulfide) groups is 1. The van der Waals surface area contributed by atoms with Crippen molar-refractivity contribution in [2.24, 2.45) is 5.41 Å². The van der Waals surface area contributed by atoms with E-state index in [1.165, 1.54) is 15.8 Å². The van der Waals surface area contributed by atoms with Crippen LogP contribution in [0.3, 0.4) is 0 Å². The Morgan fingerprint density at radius 3 is 2.29 bits per heavy atom. The van der Waals surface area contributed by atoms with Crippen molar-refractivity contribution in [3.8, 4) is 0 Å². The van der Waals surface area contributed by atoms with Crippen LogP contribution in [0.25, 0.3) is 10.2 Å². The third-order valence-corrected chi connectivity index (χ3v) is 7.94. The molecule has 0 aliphatic heterocycles. The molecule has 0 atom stereocenters. The fraction of sp³-hybridized carbons (Fsp3) is 0.462. The van der Waals surface area contributed by atoms with Crippen LogP contribution in [0.1, 0.15) is 77.3 Å². The van der Waals surface area contributed by atoms with Gasteiger partial charge < -0.3 is 5.32 Å². The molecule has 1 aromatic heterocycles. The van der Waals surface area contributed by atoms with E-state index in [9.17, 15) is 4.79 Å². The lowest BCUT2D eigenvalue weighted by atomic mass is 9.86. The van der Waals surface area contributed by atoms with Crippen molar-refractivity contribution in [1.29, 1.82) is 0 Å². The molecule has 2 aromatic carbocycles. The molecule has 0 unspecified atom stereocenters. The standard InChI is InChI=1S/C26H34N2OS2/c1-17(2)19-11-9-12-20(18(3)4)23(19)28-24(29)26(5,6)15-10-16-30-25-27-21-13-7-8-14-22(21)31-25/h7-9,11-14,17-18H,10,15-16H2,1-6H3,(H,28,29). The van der Waals surface area contributed by atoms with Crippen LogP contribution in [0.2, 0.25) is 0 Å². The summed E-state index contributed by atoms with van der Waals surface area (Å²) in [6.45, 7) is 12.8. The largest absolute Gasteiger partial charge is 0.325 e. The summed E-state index contributed by atoms with van der Waals surface area (Å²) in [5.74, 6) is 1.80. The molecule has 0 saturated carbocycles. The van der Waals surface area contributed by atoms with E-state index in [0.29, 0.717) is 11.8 Å². The number of thiazole rings is 1. The fourth-order valence-electron chi connectivity index (χ4n) is 3.68. The van der Waals surface area contributed by atoms with Crippen molar-refractivity contribution < 1.29 is 4.79 Å². The second-order valence-electron chi connectivity index (χ2n) is 9.36. The van der Waals surface area contributed by atoms with E-state index in [-0.39, 0.29) is 5.91 Å². The zero-order valence-corrected chi connectivity index (χ0v) is 21.1. The van der Waals surface area contributed by atoms with Gasteiger partial charge in [0.25, 0.3) is 0 Å². The highest BCUT2D eigenvalue weighted by Gasteiger charge is 2.29. The van der Waals surface area contributed by atoms with Crippen LogP contribution in [0.15, 0.2) is 46.8 Å². The van der Waals surface area contributed by atoms with Gasteiger partial charge in [-0.3, -0.25) is 4.79 Å². The van der Waals surface area contributed by atoms with Crippen molar-refractivity contribution in [2.75, 3.05) is 11.1 Å². The van der Waals surface area contributed by atoms with Crippen LogP contribution in [-0.2, 0) is 4.79 Å². The third kappa shape index (κ3) is 5.89. The van der Waals surface area contributed by atoms with Crippen LogP contribution < -0.4 is 5.32 Å². The Morgan fingerprint density at radius 2 is 1.68 bits per heavy atom. The number of nitrogens with one attached hydrogen (secondary N) is 1. The summed E-state index contributed by atoms with van der Waals surface area (Å²) in [7, 11) is 0. The smallest absolute Gasteiger partial charge is 0.230 e. The Bertz CT molecular complexity index is 978. The number of carbonyl (C=O) groups excluding carboxylic acids is 1. The van der Waals surface area contributed by atoms with E-state index < -0.39 is 5.41 Å². The van der Waals surface area contributed by atoms with Gasteiger partial charge in [0.2, 0.25) is 5.91 Å². The minimum absolute atomic E-state index is 0.104. The number of fused-ring (bicyclic) bond motifs is 1. The number of amides is 1. The van der Waals surface area contributed by atoms with Crippen molar-refractivity contribution in [2.45, 2.75) is 70.6 Å². The van der Waals surface area contributed by atoms with E-state index in [1.807, 2.05) is 6.07 Å². The van der Waals surface area contributed by atoms with E-state index >= 15 is 0 Å². The first-order valence-electron chi connectivity index (χ1n) is 11.1. The summed E-state index contributed by atoms with van der Waals surface area (Å²) in [5, 5.41) is 3.30. The number of hydrogen-bond acceptors (Lipinski definition) is 4. The average molecular weight is 455 g/mol. The molecule has 3 aromatic rings. The van der Waals surface area contributed by atoms with E-state index in [2.05, 4.69) is 83.3 Å². The summed E-state index contributed by atoms with van der Waals surface area (Å²) in [6, 6.07) is 14.6. The van der Waals surface area contributed by atoms with Gasteiger partial charge in [-0.05, 0) is 47.9 Å². The second-order valence-corrected chi connectivity index (χ2v) is 11.7. The number of anilines is 1. The van der Waals surface area contributed by atoms with Crippen molar-refractivity contribution in [3.05, 3.63) is 53.6 Å². The molecular weight excluding hydrogens is 420 g/mol. The molecule has 1 heterocycles. The van der Waals surface area contributed by atoms with Crippen LogP contribution >= 0.6 is 23.1 Å². The highest BCUT2D eigenvalue weighted by Crippen LogP contribution is 2.35. The highest BCUT2D eigenvalue weighted by molar-refractivity contribution is 8.01. The molecule has 3 rings (SSSR count). The Labute approximate surface area is 195 Å². The van der Waals surface area contributed by atoms with Crippen molar-refractivity contribution in [3.63, 3.8) is 0 Å². The van der Waals surface area contributed by atoms with Gasteiger partial charge in [0, 0.05) is 16.9 Å². The minimum Gasteiger partial charge on any atom is -0.325 e. The number of aromatic nitrogens is 1. The van der Waals surface area contributed by atoms with Gasteiger partial charge in [0.15, 0.2) is 4.34 Å². The average Bonchev–Trinajstić information content (AvgIpc) is 3.13. The lowest BCUT2D eigenvalue weighted by molar-refractivity contribution is -0.124. The zero-order chi connectivity index (χ0) is 22.6. The molecule has 0 aliphatic carbocycles. The molecule has 1 N–H and O–H groups in total. The number of benzene rings is 2. The van der Waals surface area contributed by atoms with Crippen LogP contribution in [0.5, 0.6) is 0 Å². The first-order chi connectivity index (χ1) is 14.7. The van der Waals surface area contributed by atoms with E-state index in [1.54, 1.807) is 23.1 Å². The zero-order valence-electron chi connectivity index (χ0n) is 19.5. The lowest BCUT2D eigenvalue weighted by Crippen LogP contribution is -2.31. The van der Waals surface area contributed by atoms with E-state index in [0.717, 1.165) is 34.1 Å². The normalized spacial score (nSPS) is 12.1. The first-order valence-corrected chi connectivity index (χ1v) is 12.9. The predicted molar refractivity (Wildman–Crippen MR) is 137 cm³/mol. The van der Waals surface area contributed by atoms with Gasteiger partial charge in [-0.25, -0.2) is 4.98 Å². The number of para-hydroxylation sites is 2. The van der Waals surface area contributed by atoms with Gasteiger partial charge in [-0.2, -0.15) is 0 Å². The topological polar surface area (TPSA) is 42.0 Å². The number of rotatable bonds is 9. The molecule has 0 spiro atoms. The first kappa shape index (κ1) is 23.8. The molecule has 3 nitrogen and oxygen atoms in total. The Kier molecular flexibility index (Phi) is 7.82. The summed E-state index contributed by atoms with van der Waals surface area (Å²) in [6.07, 6.45) is 1.82. The maximum atomic E-state index is 13.2. The Hall–Kier alpha value is -1.85. The van der Waals surface area contributed by atoms with Crippen LogP contribution in [-0.4, -0.2) is 16.6 Å². The maximum absolute atomic E-state index is 13.2. The van der Waals surface area contributed by atoms with Crippen LogP contribution in [0, 0.1) is 5.41 Å². The Morgan fingerprint density at radius 1 is 1.03 bits per heavy atom. The summed E-state index contributed by atoms with van der Waals surface area (Å²) >= 11 is 3.54. The minimum atomic E-state index is -0.424. The molecular formula is C26H34N2OS2. The number of hydrogen-bond donors (Lipinski definition) is 1. The van der Waals surface area contributed by atoms with Gasteiger partial charge in [-0.15, -0.1) is 11.3 Å². The number of nitrogens with zero attached hydrogens (tertiary/aromatic N) is 1. The summed E-state index contributed by atoms with van der Waals surface area (Å²) < 4.78 is 2.34. The van der Waals surface area contributed by atoms with Gasteiger partial charge >= 0.3 is 0 Å². The molecule has 31 heavy (non-hydrogen) atoms. The van der Waals surface area contributed by atoms with Crippen molar-refractivity contribution in [1.82, 2.24) is 4.98 Å². The highest BCUT2D eigenvalue weighted by atomic mass is 32.2. The molecule has 0 radical (unpaired) electrons. The lowest BCUT2D eigenvalue weighted by Gasteiger charge is -2.27. The summed E-state index contributed by atoms with van der Waals surface area (Å²) in [5.41, 5.74) is 4.07. The van der Waals surface area contributed by atoms with Gasteiger partial charge in [0.05, 0.1) is 10.2 Å². The van der Waals surface area contributed by atoms with Crippen LogP contribution in [0.4, 0.5) is 5.69 Å². The summed E-state index contributed by atoms with van der Waals surface area (Å²) in [4.78, 5) is 17.9. The molecule has 5 heteroatoms. The quantitative estimate of drug-likeness (QED) is 0.262.